The van der Waals surface area contributed by atoms with Gasteiger partial charge in [-0.3, -0.25) is 0 Å². The van der Waals surface area contributed by atoms with E-state index in [-0.39, 0.29) is 0 Å². The van der Waals surface area contributed by atoms with Gasteiger partial charge in [0.1, 0.15) is 19.2 Å². The van der Waals surface area contributed by atoms with Gasteiger partial charge in [0.25, 0.3) is 5.22 Å². The third kappa shape index (κ3) is 2.89. The number of aryl methyl sites for hydroxylation is 2. The van der Waals surface area contributed by atoms with Crippen LogP contribution in [0, 0.1) is 0 Å². The quantitative estimate of drug-likeness (QED) is 0.674. The van der Waals surface area contributed by atoms with Crippen LogP contribution in [-0.4, -0.2) is 25.0 Å². The van der Waals surface area contributed by atoms with Gasteiger partial charge in [-0.1, -0.05) is 30.0 Å². The van der Waals surface area contributed by atoms with Crippen molar-refractivity contribution in [1.82, 2.24) is 25.0 Å². The standard InChI is InChI=1S/C15H15N5OS/c1-2-12-5-4-11(6-13(12)3-1)8-22-15-19-18-14(21-15)7-20-10-16-9-17-20/h4-6,9-10H,1-3,7-8H2. The summed E-state index contributed by atoms with van der Waals surface area (Å²) in [6, 6.07) is 6.76. The first-order valence-electron chi connectivity index (χ1n) is 7.25. The molecule has 2 heterocycles. The van der Waals surface area contributed by atoms with E-state index in [1.165, 1.54) is 42.3 Å². The zero-order chi connectivity index (χ0) is 14.8. The number of nitrogens with zero attached hydrogens (tertiary/aromatic N) is 5. The van der Waals surface area contributed by atoms with E-state index in [2.05, 4.69) is 38.5 Å². The summed E-state index contributed by atoms with van der Waals surface area (Å²) in [5.41, 5.74) is 4.30. The van der Waals surface area contributed by atoms with Gasteiger partial charge in [-0.2, -0.15) is 5.10 Å². The van der Waals surface area contributed by atoms with E-state index in [1.54, 1.807) is 22.8 Å². The molecule has 3 aromatic rings. The SMILES string of the molecule is c1ncn(Cc2nnc(SCc3ccc4c(c3)CCC4)o2)n1. The van der Waals surface area contributed by atoms with Crippen molar-refractivity contribution in [2.24, 2.45) is 0 Å². The average Bonchev–Trinajstić information content (AvgIpc) is 3.27. The minimum Gasteiger partial charge on any atom is -0.414 e. The number of hydrogen-bond donors (Lipinski definition) is 0. The number of fused-ring (bicyclic) bond motifs is 1. The van der Waals surface area contributed by atoms with Gasteiger partial charge in [0.05, 0.1) is 0 Å². The molecule has 1 aliphatic carbocycles. The van der Waals surface area contributed by atoms with Gasteiger partial charge in [0.2, 0.25) is 5.89 Å². The Morgan fingerprint density at radius 2 is 2.14 bits per heavy atom. The lowest BCUT2D eigenvalue weighted by molar-refractivity contribution is 0.397. The summed E-state index contributed by atoms with van der Waals surface area (Å²) in [6.45, 7) is 0.451. The summed E-state index contributed by atoms with van der Waals surface area (Å²) >= 11 is 1.57. The number of rotatable bonds is 5. The second-order valence-corrected chi connectivity index (χ2v) is 6.23. The minimum absolute atomic E-state index is 0.451. The van der Waals surface area contributed by atoms with E-state index in [9.17, 15) is 0 Å². The minimum atomic E-state index is 0.451. The number of thioether (sulfide) groups is 1. The first kappa shape index (κ1) is 13.5. The van der Waals surface area contributed by atoms with E-state index in [0.717, 1.165) is 5.75 Å². The second kappa shape index (κ2) is 5.92. The molecule has 0 atom stereocenters. The van der Waals surface area contributed by atoms with E-state index in [4.69, 9.17) is 4.42 Å². The van der Waals surface area contributed by atoms with E-state index in [1.807, 2.05) is 0 Å². The van der Waals surface area contributed by atoms with Crippen LogP contribution in [0.5, 0.6) is 0 Å². The predicted molar refractivity (Wildman–Crippen MR) is 81.5 cm³/mol. The summed E-state index contributed by atoms with van der Waals surface area (Å²) in [5, 5.41) is 12.7. The van der Waals surface area contributed by atoms with Crippen LogP contribution in [0.1, 0.15) is 29.0 Å². The zero-order valence-corrected chi connectivity index (χ0v) is 12.8. The van der Waals surface area contributed by atoms with E-state index < -0.39 is 0 Å². The fraction of sp³-hybridized carbons (Fsp3) is 0.333. The molecule has 22 heavy (non-hydrogen) atoms. The van der Waals surface area contributed by atoms with Gasteiger partial charge in [0.15, 0.2) is 0 Å². The molecule has 7 heteroatoms. The highest BCUT2D eigenvalue weighted by Crippen LogP contribution is 2.26. The maximum atomic E-state index is 5.62. The van der Waals surface area contributed by atoms with Gasteiger partial charge in [-0.15, -0.1) is 10.2 Å². The molecular weight excluding hydrogens is 298 g/mol. The third-order valence-electron chi connectivity index (χ3n) is 3.74. The highest BCUT2D eigenvalue weighted by atomic mass is 32.2. The molecule has 0 fully saturated rings. The van der Waals surface area contributed by atoms with Gasteiger partial charge in [-0.25, -0.2) is 9.67 Å². The van der Waals surface area contributed by atoms with Crippen LogP contribution in [0.15, 0.2) is 40.5 Å². The molecule has 1 aromatic carbocycles. The van der Waals surface area contributed by atoms with Crippen LogP contribution in [0.25, 0.3) is 0 Å². The normalized spacial score (nSPS) is 13.5. The number of benzene rings is 1. The largest absolute Gasteiger partial charge is 0.414 e. The summed E-state index contributed by atoms with van der Waals surface area (Å²) in [7, 11) is 0. The predicted octanol–water partition coefficient (Wildman–Crippen LogP) is 2.49. The van der Waals surface area contributed by atoms with Crippen molar-refractivity contribution < 1.29 is 4.42 Å². The Morgan fingerprint density at radius 3 is 3.05 bits per heavy atom. The molecule has 0 saturated carbocycles. The van der Waals surface area contributed by atoms with Gasteiger partial charge < -0.3 is 4.42 Å². The van der Waals surface area contributed by atoms with Crippen molar-refractivity contribution in [3.63, 3.8) is 0 Å². The Kier molecular flexibility index (Phi) is 3.64. The van der Waals surface area contributed by atoms with Gasteiger partial charge in [0, 0.05) is 5.75 Å². The van der Waals surface area contributed by atoms with Crippen LogP contribution >= 0.6 is 11.8 Å². The van der Waals surface area contributed by atoms with Crippen molar-refractivity contribution in [3.05, 3.63) is 53.4 Å². The molecule has 0 unspecified atom stereocenters. The lowest BCUT2D eigenvalue weighted by Gasteiger charge is -2.03. The molecule has 112 valence electrons. The summed E-state index contributed by atoms with van der Waals surface area (Å²) in [6.07, 6.45) is 6.82. The van der Waals surface area contributed by atoms with Crippen molar-refractivity contribution in [1.29, 1.82) is 0 Å². The zero-order valence-electron chi connectivity index (χ0n) is 12.0. The Morgan fingerprint density at radius 1 is 1.18 bits per heavy atom. The molecule has 2 aromatic heterocycles. The first-order chi connectivity index (χ1) is 10.9. The summed E-state index contributed by atoms with van der Waals surface area (Å²) in [5.74, 6) is 1.39. The van der Waals surface area contributed by atoms with Crippen LogP contribution in [0.4, 0.5) is 0 Å². The van der Waals surface area contributed by atoms with Crippen LogP contribution in [0.3, 0.4) is 0 Å². The third-order valence-corrected chi connectivity index (χ3v) is 4.63. The van der Waals surface area contributed by atoms with Crippen molar-refractivity contribution in [2.75, 3.05) is 0 Å². The molecule has 0 spiro atoms. The van der Waals surface area contributed by atoms with Crippen LogP contribution in [-0.2, 0) is 25.1 Å². The van der Waals surface area contributed by atoms with Crippen LogP contribution < -0.4 is 0 Å². The Balaban J connectivity index is 1.38. The Labute approximate surface area is 132 Å². The van der Waals surface area contributed by atoms with Crippen molar-refractivity contribution >= 4 is 11.8 Å². The fourth-order valence-electron chi connectivity index (χ4n) is 2.67. The molecule has 1 aliphatic rings. The first-order valence-corrected chi connectivity index (χ1v) is 8.24. The highest BCUT2D eigenvalue weighted by Gasteiger charge is 2.12. The maximum absolute atomic E-state index is 5.62. The number of aromatic nitrogens is 5. The van der Waals surface area contributed by atoms with Crippen molar-refractivity contribution in [2.45, 2.75) is 36.8 Å². The fourth-order valence-corrected chi connectivity index (χ4v) is 3.40. The van der Waals surface area contributed by atoms with Crippen LogP contribution in [0.2, 0.25) is 0 Å². The Bertz CT molecular complexity index is 768. The van der Waals surface area contributed by atoms with E-state index >= 15 is 0 Å². The molecule has 0 N–H and O–H groups in total. The maximum Gasteiger partial charge on any atom is 0.276 e. The smallest absolute Gasteiger partial charge is 0.276 e. The molecule has 0 saturated heterocycles. The molecular formula is C15H15N5OS. The molecule has 0 radical (unpaired) electrons. The topological polar surface area (TPSA) is 69.6 Å². The van der Waals surface area contributed by atoms with Gasteiger partial charge >= 0.3 is 0 Å². The average molecular weight is 313 g/mol. The monoisotopic (exact) mass is 313 g/mol. The summed E-state index contributed by atoms with van der Waals surface area (Å²) in [4.78, 5) is 3.89. The second-order valence-electron chi connectivity index (χ2n) is 5.30. The van der Waals surface area contributed by atoms with Gasteiger partial charge in [-0.05, 0) is 36.0 Å². The Hall–Kier alpha value is -2.15. The molecule has 6 nitrogen and oxygen atoms in total. The molecule has 0 bridgehead atoms. The summed E-state index contributed by atoms with van der Waals surface area (Å²) < 4.78 is 7.28. The lowest BCUT2D eigenvalue weighted by Crippen LogP contribution is -1.99. The molecule has 0 amide bonds. The lowest BCUT2D eigenvalue weighted by atomic mass is 10.1. The molecule has 0 aliphatic heterocycles. The number of hydrogen-bond acceptors (Lipinski definition) is 6. The van der Waals surface area contributed by atoms with Crippen molar-refractivity contribution in [3.8, 4) is 0 Å². The molecule has 4 rings (SSSR count). The van der Waals surface area contributed by atoms with E-state index in [0.29, 0.717) is 17.7 Å². The highest BCUT2D eigenvalue weighted by molar-refractivity contribution is 7.98.